The molecule has 3 heterocycles. The molecule has 0 saturated carbocycles. The van der Waals surface area contributed by atoms with E-state index in [9.17, 15) is 4.79 Å². The Bertz CT molecular complexity index is 673. The van der Waals surface area contributed by atoms with Gasteiger partial charge in [0.05, 0.1) is 5.69 Å². The Labute approximate surface area is 108 Å². The molecule has 0 bridgehead atoms. The average molecular weight is 254 g/mol. The van der Waals surface area contributed by atoms with Gasteiger partial charge in [0.2, 0.25) is 5.95 Å². The maximum absolute atomic E-state index is 11.9. The third kappa shape index (κ3) is 2.34. The molecule has 94 valence electrons. The Kier molecular flexibility index (Phi) is 2.77. The smallest absolute Gasteiger partial charge is 0.275 e. The molecule has 3 aromatic heterocycles. The Morgan fingerprint density at radius 3 is 3.00 bits per heavy atom. The van der Waals surface area contributed by atoms with E-state index < -0.39 is 0 Å². The molecule has 7 nitrogen and oxygen atoms in total. The van der Waals surface area contributed by atoms with Crippen molar-refractivity contribution in [1.29, 1.82) is 0 Å². The summed E-state index contributed by atoms with van der Waals surface area (Å²) in [5.74, 6) is 0.0834. The SMILES string of the molecule is O=C(Nc1ncc[nH]1)c1cc(-c2cccnc2)n[nH]1. The van der Waals surface area contributed by atoms with Crippen molar-refractivity contribution < 1.29 is 4.79 Å². The number of amides is 1. The molecule has 0 atom stereocenters. The van der Waals surface area contributed by atoms with Crippen LogP contribution in [0.2, 0.25) is 0 Å². The van der Waals surface area contributed by atoms with E-state index in [1.54, 1.807) is 30.9 Å². The summed E-state index contributed by atoms with van der Waals surface area (Å²) in [6, 6.07) is 5.35. The highest BCUT2D eigenvalue weighted by atomic mass is 16.2. The van der Waals surface area contributed by atoms with Crippen molar-refractivity contribution in [1.82, 2.24) is 25.1 Å². The standard InChI is InChI=1S/C12H10N6O/c19-11(16-12-14-4-5-15-12)10-6-9(17-18-10)8-2-1-3-13-7-8/h1-7H,(H,17,18)(H2,14,15,16,19). The average Bonchev–Trinajstić information content (AvgIpc) is 3.10. The molecule has 1 amide bonds. The molecule has 0 spiro atoms. The second kappa shape index (κ2) is 4.73. The number of anilines is 1. The fourth-order valence-electron chi connectivity index (χ4n) is 1.61. The van der Waals surface area contributed by atoms with Crippen molar-refractivity contribution in [3.8, 4) is 11.3 Å². The molecule has 0 unspecified atom stereocenters. The van der Waals surface area contributed by atoms with Crippen LogP contribution in [0.4, 0.5) is 5.95 Å². The number of H-pyrrole nitrogens is 2. The number of hydrogen-bond acceptors (Lipinski definition) is 4. The first-order chi connectivity index (χ1) is 9.33. The molecule has 0 fully saturated rings. The summed E-state index contributed by atoms with van der Waals surface area (Å²) in [4.78, 5) is 22.6. The van der Waals surface area contributed by atoms with Gasteiger partial charge in [0.25, 0.3) is 5.91 Å². The van der Waals surface area contributed by atoms with Crippen LogP contribution in [-0.4, -0.2) is 31.1 Å². The molecule has 0 saturated heterocycles. The van der Waals surface area contributed by atoms with Gasteiger partial charge in [-0.1, -0.05) is 0 Å². The zero-order chi connectivity index (χ0) is 13.1. The zero-order valence-corrected chi connectivity index (χ0v) is 9.79. The summed E-state index contributed by atoms with van der Waals surface area (Å²) in [7, 11) is 0. The van der Waals surface area contributed by atoms with Crippen LogP contribution in [0.25, 0.3) is 11.3 Å². The molecule has 0 aromatic carbocycles. The highest BCUT2D eigenvalue weighted by Gasteiger charge is 2.11. The van der Waals surface area contributed by atoms with Crippen molar-refractivity contribution >= 4 is 11.9 Å². The molecule has 3 N–H and O–H groups in total. The van der Waals surface area contributed by atoms with E-state index in [-0.39, 0.29) is 5.91 Å². The predicted molar refractivity (Wildman–Crippen MR) is 68.4 cm³/mol. The van der Waals surface area contributed by atoms with E-state index in [1.807, 2.05) is 12.1 Å². The number of carbonyl (C=O) groups is 1. The van der Waals surface area contributed by atoms with Gasteiger partial charge in [0.1, 0.15) is 5.69 Å². The van der Waals surface area contributed by atoms with Gasteiger partial charge in [-0.05, 0) is 18.2 Å². The van der Waals surface area contributed by atoms with Gasteiger partial charge in [0, 0.05) is 30.4 Å². The lowest BCUT2D eigenvalue weighted by Crippen LogP contribution is -2.13. The molecule has 0 aliphatic heterocycles. The molecule has 3 rings (SSSR count). The summed E-state index contributed by atoms with van der Waals surface area (Å²) in [6.07, 6.45) is 6.55. The lowest BCUT2D eigenvalue weighted by atomic mass is 10.2. The molecule has 0 aliphatic rings. The first-order valence-electron chi connectivity index (χ1n) is 5.59. The second-order valence-electron chi connectivity index (χ2n) is 3.80. The molecule has 0 radical (unpaired) electrons. The predicted octanol–water partition coefficient (Wildman–Crippen LogP) is 1.45. The van der Waals surface area contributed by atoms with Crippen molar-refractivity contribution in [2.45, 2.75) is 0 Å². The minimum Gasteiger partial charge on any atom is -0.331 e. The number of rotatable bonds is 3. The lowest BCUT2D eigenvalue weighted by Gasteiger charge is -1.97. The van der Waals surface area contributed by atoms with E-state index in [4.69, 9.17) is 0 Å². The lowest BCUT2D eigenvalue weighted by molar-refractivity contribution is 0.102. The van der Waals surface area contributed by atoms with Gasteiger partial charge < -0.3 is 4.98 Å². The van der Waals surface area contributed by atoms with Crippen molar-refractivity contribution in [2.75, 3.05) is 5.32 Å². The number of nitrogens with zero attached hydrogens (tertiary/aromatic N) is 3. The van der Waals surface area contributed by atoms with Crippen LogP contribution < -0.4 is 5.32 Å². The largest absolute Gasteiger partial charge is 0.331 e. The van der Waals surface area contributed by atoms with Crippen LogP contribution in [0.5, 0.6) is 0 Å². The van der Waals surface area contributed by atoms with E-state index in [2.05, 4.69) is 30.5 Å². The topological polar surface area (TPSA) is 99.3 Å². The molecule has 19 heavy (non-hydrogen) atoms. The normalized spacial score (nSPS) is 10.3. The second-order valence-corrected chi connectivity index (χ2v) is 3.80. The van der Waals surface area contributed by atoms with Crippen molar-refractivity contribution in [3.05, 3.63) is 48.7 Å². The molecule has 3 aromatic rings. The van der Waals surface area contributed by atoms with E-state index >= 15 is 0 Å². The number of nitrogens with one attached hydrogen (secondary N) is 3. The number of aromatic amines is 2. The van der Waals surface area contributed by atoms with Gasteiger partial charge in [-0.2, -0.15) is 5.10 Å². The number of aromatic nitrogens is 5. The highest BCUT2D eigenvalue weighted by molar-refractivity contribution is 6.02. The number of imidazole rings is 1. The van der Waals surface area contributed by atoms with E-state index in [0.717, 1.165) is 5.56 Å². The first-order valence-corrected chi connectivity index (χ1v) is 5.59. The van der Waals surface area contributed by atoms with Crippen LogP contribution >= 0.6 is 0 Å². The van der Waals surface area contributed by atoms with Crippen LogP contribution in [0.3, 0.4) is 0 Å². The molecular formula is C12H10N6O. The Morgan fingerprint density at radius 2 is 2.26 bits per heavy atom. The fourth-order valence-corrected chi connectivity index (χ4v) is 1.61. The summed E-state index contributed by atoms with van der Waals surface area (Å²) in [5.41, 5.74) is 1.86. The molecule has 7 heteroatoms. The van der Waals surface area contributed by atoms with E-state index in [1.165, 1.54) is 0 Å². The number of pyridine rings is 1. The Balaban J connectivity index is 1.80. The molecule has 0 aliphatic carbocycles. The maximum Gasteiger partial charge on any atom is 0.275 e. The highest BCUT2D eigenvalue weighted by Crippen LogP contribution is 2.16. The summed E-state index contributed by atoms with van der Waals surface area (Å²) < 4.78 is 0. The van der Waals surface area contributed by atoms with E-state index in [0.29, 0.717) is 17.3 Å². The first kappa shape index (κ1) is 11.1. The Morgan fingerprint density at radius 1 is 1.32 bits per heavy atom. The maximum atomic E-state index is 11.9. The minimum atomic E-state index is -0.308. The van der Waals surface area contributed by atoms with Crippen LogP contribution in [0.15, 0.2) is 43.0 Å². The van der Waals surface area contributed by atoms with Gasteiger partial charge in [-0.15, -0.1) is 0 Å². The van der Waals surface area contributed by atoms with Gasteiger partial charge in [-0.3, -0.25) is 20.2 Å². The quantitative estimate of drug-likeness (QED) is 0.658. The van der Waals surface area contributed by atoms with Crippen LogP contribution in [-0.2, 0) is 0 Å². The number of carbonyl (C=O) groups excluding carboxylic acids is 1. The summed E-state index contributed by atoms with van der Waals surface area (Å²) in [6.45, 7) is 0. The monoisotopic (exact) mass is 254 g/mol. The Hall–Kier alpha value is -2.96. The third-order valence-electron chi connectivity index (χ3n) is 2.51. The fraction of sp³-hybridized carbons (Fsp3) is 0. The van der Waals surface area contributed by atoms with Crippen LogP contribution in [0.1, 0.15) is 10.5 Å². The van der Waals surface area contributed by atoms with Gasteiger partial charge >= 0.3 is 0 Å². The molecular weight excluding hydrogens is 244 g/mol. The zero-order valence-electron chi connectivity index (χ0n) is 9.79. The van der Waals surface area contributed by atoms with Crippen LogP contribution in [0, 0.1) is 0 Å². The third-order valence-corrected chi connectivity index (χ3v) is 2.51. The minimum absolute atomic E-state index is 0.308. The van der Waals surface area contributed by atoms with Gasteiger partial charge in [0.15, 0.2) is 0 Å². The van der Waals surface area contributed by atoms with Crippen molar-refractivity contribution in [2.24, 2.45) is 0 Å². The number of hydrogen-bond donors (Lipinski definition) is 3. The summed E-state index contributed by atoms with van der Waals surface area (Å²) in [5, 5.41) is 9.38. The summed E-state index contributed by atoms with van der Waals surface area (Å²) >= 11 is 0. The van der Waals surface area contributed by atoms with Crippen molar-refractivity contribution in [3.63, 3.8) is 0 Å². The van der Waals surface area contributed by atoms with Gasteiger partial charge in [-0.25, -0.2) is 4.98 Å².